The smallest absolute Gasteiger partial charge is 0.313 e. The maximum Gasteiger partial charge on any atom is 0.313 e. The predicted molar refractivity (Wildman–Crippen MR) is 74.1 cm³/mol. The van der Waals surface area contributed by atoms with E-state index in [2.05, 4.69) is 15.1 Å². The van der Waals surface area contributed by atoms with Crippen molar-refractivity contribution in [3.05, 3.63) is 0 Å². The van der Waals surface area contributed by atoms with E-state index >= 15 is 0 Å². The molecule has 2 heterocycles. The van der Waals surface area contributed by atoms with Gasteiger partial charge in [-0.25, -0.2) is 0 Å². The molecular weight excluding hydrogens is 280 g/mol. The van der Waals surface area contributed by atoms with Crippen LogP contribution in [0.15, 0.2) is 5.16 Å². The monoisotopic (exact) mass is 298 g/mol. The van der Waals surface area contributed by atoms with E-state index in [0.717, 1.165) is 25.3 Å². The van der Waals surface area contributed by atoms with Crippen LogP contribution in [0.1, 0.15) is 19.3 Å². The summed E-state index contributed by atoms with van der Waals surface area (Å²) in [4.78, 5) is 12.9. The van der Waals surface area contributed by atoms with E-state index in [1.54, 1.807) is 0 Å². The number of carboxylic acid groups (broad SMARTS) is 1. The summed E-state index contributed by atoms with van der Waals surface area (Å²) < 4.78 is 7.68. The molecule has 2 fully saturated rings. The third-order valence-corrected chi connectivity index (χ3v) is 4.88. The summed E-state index contributed by atoms with van der Waals surface area (Å²) >= 11 is 1.20. The largest absolute Gasteiger partial charge is 0.481 e. The maximum absolute atomic E-state index is 10.6. The van der Waals surface area contributed by atoms with Crippen molar-refractivity contribution in [2.45, 2.75) is 36.6 Å². The number of hydrogen-bond donors (Lipinski definition) is 1. The predicted octanol–water partition coefficient (Wildman–Crippen LogP) is 0.749. The fraction of sp³-hybridized carbons (Fsp3) is 0.750. The number of carbonyl (C=O) groups is 1. The number of nitrogens with zero attached hydrogens (tertiary/aromatic N) is 4. The Morgan fingerprint density at radius 3 is 3.15 bits per heavy atom. The first-order chi connectivity index (χ1) is 9.66. The minimum absolute atomic E-state index is 0.00113. The highest BCUT2D eigenvalue weighted by Gasteiger charge is 2.38. The van der Waals surface area contributed by atoms with Gasteiger partial charge in [0.05, 0.1) is 24.5 Å². The van der Waals surface area contributed by atoms with Gasteiger partial charge in [-0.3, -0.25) is 9.36 Å². The van der Waals surface area contributed by atoms with Crippen LogP contribution in [0.25, 0.3) is 0 Å². The van der Waals surface area contributed by atoms with E-state index in [1.807, 2.05) is 11.6 Å². The van der Waals surface area contributed by atoms with Crippen LogP contribution in [0.2, 0.25) is 0 Å². The SMILES string of the molecule is Cn1c(SCC(=O)O)nnc1N1CCOC2CCCC21. The molecular formula is C12H18N4O3S. The third-order valence-electron chi connectivity index (χ3n) is 3.88. The van der Waals surface area contributed by atoms with E-state index < -0.39 is 5.97 Å². The minimum atomic E-state index is -0.846. The van der Waals surface area contributed by atoms with Crippen LogP contribution in [0.4, 0.5) is 5.95 Å². The van der Waals surface area contributed by atoms with Gasteiger partial charge in [0.2, 0.25) is 5.95 Å². The van der Waals surface area contributed by atoms with Gasteiger partial charge >= 0.3 is 5.97 Å². The van der Waals surface area contributed by atoms with Gasteiger partial charge in [0.25, 0.3) is 0 Å². The van der Waals surface area contributed by atoms with Crippen LogP contribution >= 0.6 is 11.8 Å². The Balaban J connectivity index is 1.78. The molecule has 0 amide bonds. The van der Waals surface area contributed by atoms with Crippen molar-refractivity contribution in [1.29, 1.82) is 0 Å². The highest BCUT2D eigenvalue weighted by molar-refractivity contribution is 7.99. The molecule has 0 radical (unpaired) electrons. The molecule has 1 aromatic rings. The van der Waals surface area contributed by atoms with Gasteiger partial charge in [-0.05, 0) is 19.3 Å². The molecule has 2 unspecified atom stereocenters. The quantitative estimate of drug-likeness (QED) is 0.821. The zero-order valence-electron chi connectivity index (χ0n) is 11.4. The van der Waals surface area contributed by atoms with Gasteiger partial charge in [-0.1, -0.05) is 11.8 Å². The molecule has 7 nitrogen and oxygen atoms in total. The van der Waals surface area contributed by atoms with E-state index in [-0.39, 0.29) is 5.75 Å². The lowest BCUT2D eigenvalue weighted by molar-refractivity contribution is -0.133. The van der Waals surface area contributed by atoms with Gasteiger partial charge in [0.1, 0.15) is 0 Å². The zero-order valence-corrected chi connectivity index (χ0v) is 12.2. The lowest BCUT2D eigenvalue weighted by Gasteiger charge is -2.37. The number of morpholine rings is 1. The molecule has 3 rings (SSSR count). The molecule has 20 heavy (non-hydrogen) atoms. The Morgan fingerprint density at radius 2 is 2.35 bits per heavy atom. The first-order valence-corrected chi connectivity index (χ1v) is 7.77. The second kappa shape index (κ2) is 5.61. The molecule has 2 aliphatic rings. The Morgan fingerprint density at radius 1 is 1.50 bits per heavy atom. The summed E-state index contributed by atoms with van der Waals surface area (Å²) in [5, 5.41) is 17.7. The van der Waals surface area contributed by atoms with Gasteiger partial charge in [-0.15, -0.1) is 10.2 Å². The number of aliphatic carboxylic acids is 1. The van der Waals surface area contributed by atoms with Gasteiger partial charge in [-0.2, -0.15) is 0 Å². The number of aromatic nitrogens is 3. The molecule has 2 atom stereocenters. The van der Waals surface area contributed by atoms with Gasteiger partial charge in [0, 0.05) is 13.6 Å². The molecule has 1 saturated heterocycles. The molecule has 1 aliphatic heterocycles. The van der Waals surface area contributed by atoms with Crippen molar-refractivity contribution in [2.75, 3.05) is 23.8 Å². The second-order valence-electron chi connectivity index (χ2n) is 5.12. The molecule has 1 aromatic heterocycles. The summed E-state index contributed by atoms with van der Waals surface area (Å²) in [6.07, 6.45) is 3.72. The summed E-state index contributed by atoms with van der Waals surface area (Å²) in [6.45, 7) is 1.53. The summed E-state index contributed by atoms with van der Waals surface area (Å²) in [7, 11) is 1.89. The van der Waals surface area contributed by atoms with Crippen molar-refractivity contribution < 1.29 is 14.6 Å². The zero-order chi connectivity index (χ0) is 14.1. The highest BCUT2D eigenvalue weighted by Crippen LogP contribution is 2.33. The average molecular weight is 298 g/mol. The van der Waals surface area contributed by atoms with Crippen molar-refractivity contribution in [3.63, 3.8) is 0 Å². The minimum Gasteiger partial charge on any atom is -0.481 e. The number of ether oxygens (including phenoxy) is 1. The molecule has 1 N–H and O–H groups in total. The van der Waals surface area contributed by atoms with Crippen molar-refractivity contribution in [2.24, 2.45) is 7.05 Å². The number of fused-ring (bicyclic) bond motifs is 1. The van der Waals surface area contributed by atoms with Crippen LogP contribution in [0, 0.1) is 0 Å². The van der Waals surface area contributed by atoms with Crippen LogP contribution in [0.5, 0.6) is 0 Å². The summed E-state index contributed by atoms with van der Waals surface area (Å²) in [6, 6.07) is 0.379. The molecule has 110 valence electrons. The lowest BCUT2D eigenvalue weighted by atomic mass is 10.1. The van der Waals surface area contributed by atoms with Crippen molar-refractivity contribution in [1.82, 2.24) is 14.8 Å². The molecule has 0 bridgehead atoms. The van der Waals surface area contributed by atoms with E-state index in [9.17, 15) is 4.79 Å². The van der Waals surface area contributed by atoms with E-state index in [0.29, 0.717) is 23.9 Å². The van der Waals surface area contributed by atoms with Crippen LogP contribution in [0.3, 0.4) is 0 Å². The molecule has 1 saturated carbocycles. The Bertz CT molecular complexity index is 507. The Kier molecular flexibility index (Phi) is 3.84. The fourth-order valence-corrected chi connectivity index (χ4v) is 3.61. The first-order valence-electron chi connectivity index (χ1n) is 6.79. The first kappa shape index (κ1) is 13.7. The van der Waals surface area contributed by atoms with Crippen LogP contribution < -0.4 is 4.90 Å². The second-order valence-corrected chi connectivity index (χ2v) is 6.07. The number of hydrogen-bond acceptors (Lipinski definition) is 6. The summed E-state index contributed by atoms with van der Waals surface area (Å²) in [5.41, 5.74) is 0. The molecule has 1 aliphatic carbocycles. The maximum atomic E-state index is 10.6. The topological polar surface area (TPSA) is 80.5 Å². The van der Waals surface area contributed by atoms with Crippen molar-refractivity contribution in [3.8, 4) is 0 Å². The standard InChI is InChI=1S/C12H18N4O3S/c1-15-11(13-14-12(15)20-7-10(17)18)16-5-6-19-9-4-2-3-8(9)16/h8-9H,2-7H2,1H3,(H,17,18). The fourth-order valence-electron chi connectivity index (χ4n) is 2.98. The van der Waals surface area contributed by atoms with E-state index in [4.69, 9.17) is 9.84 Å². The number of carboxylic acids is 1. The van der Waals surface area contributed by atoms with Gasteiger partial charge < -0.3 is 14.7 Å². The molecule has 8 heteroatoms. The Labute approximate surface area is 121 Å². The average Bonchev–Trinajstić information content (AvgIpc) is 3.02. The number of anilines is 1. The Hall–Kier alpha value is -1.28. The number of thioether (sulfide) groups is 1. The van der Waals surface area contributed by atoms with E-state index in [1.165, 1.54) is 18.2 Å². The van der Waals surface area contributed by atoms with Crippen LogP contribution in [-0.2, 0) is 16.6 Å². The lowest BCUT2D eigenvalue weighted by Crippen LogP contribution is -2.49. The highest BCUT2D eigenvalue weighted by atomic mass is 32.2. The normalized spacial score (nSPS) is 25.8. The van der Waals surface area contributed by atoms with Gasteiger partial charge in [0.15, 0.2) is 5.16 Å². The number of rotatable bonds is 4. The molecule has 0 spiro atoms. The third kappa shape index (κ3) is 2.49. The van der Waals surface area contributed by atoms with Crippen LogP contribution in [-0.4, -0.2) is 56.9 Å². The molecule has 0 aromatic carbocycles. The summed E-state index contributed by atoms with van der Waals surface area (Å²) in [5.74, 6) is -0.0268. The van der Waals surface area contributed by atoms with Crippen molar-refractivity contribution >= 4 is 23.7 Å².